The zero-order chi connectivity index (χ0) is 15.0. The number of nitrogens with zero attached hydrogens (tertiary/aromatic N) is 3. The van der Waals surface area contributed by atoms with E-state index in [9.17, 15) is 8.42 Å². The summed E-state index contributed by atoms with van der Waals surface area (Å²) in [6.07, 6.45) is 6.23. The molecule has 2 aliphatic rings. The first-order valence-electron chi connectivity index (χ1n) is 7.44. The maximum absolute atomic E-state index is 11.3. The van der Waals surface area contributed by atoms with E-state index >= 15 is 0 Å². The van der Waals surface area contributed by atoms with Gasteiger partial charge in [-0.2, -0.15) is 0 Å². The first-order valence-corrected chi connectivity index (χ1v) is 9.81. The molecule has 1 aromatic heterocycles. The van der Waals surface area contributed by atoms with Gasteiger partial charge < -0.3 is 4.90 Å². The van der Waals surface area contributed by atoms with Gasteiger partial charge in [-0.05, 0) is 39.2 Å². The molecular weight excluding hydrogens is 308 g/mol. The van der Waals surface area contributed by atoms with E-state index in [4.69, 9.17) is 5.14 Å². The van der Waals surface area contributed by atoms with E-state index in [-0.39, 0.29) is 4.21 Å². The molecule has 0 saturated carbocycles. The summed E-state index contributed by atoms with van der Waals surface area (Å²) in [7, 11) is -3.63. The molecule has 8 heteroatoms. The van der Waals surface area contributed by atoms with Crippen LogP contribution in [0.2, 0.25) is 0 Å². The van der Waals surface area contributed by atoms with Gasteiger partial charge in [-0.25, -0.2) is 18.5 Å². The molecule has 2 fully saturated rings. The molecule has 1 aromatic rings. The summed E-state index contributed by atoms with van der Waals surface area (Å²) in [4.78, 5) is 9.03. The molecule has 1 atom stereocenters. The van der Waals surface area contributed by atoms with Crippen molar-refractivity contribution in [2.45, 2.75) is 48.9 Å². The summed E-state index contributed by atoms with van der Waals surface area (Å²) in [6.45, 7) is 5.41. The third-order valence-electron chi connectivity index (χ3n) is 4.56. The van der Waals surface area contributed by atoms with Crippen LogP contribution < -0.4 is 10.0 Å². The summed E-state index contributed by atoms with van der Waals surface area (Å²) >= 11 is 1.17. The molecule has 21 heavy (non-hydrogen) atoms. The number of rotatable bonds is 3. The van der Waals surface area contributed by atoms with Gasteiger partial charge in [0, 0.05) is 25.2 Å². The highest BCUT2D eigenvalue weighted by atomic mass is 32.2. The lowest BCUT2D eigenvalue weighted by Crippen LogP contribution is -2.46. The van der Waals surface area contributed by atoms with Gasteiger partial charge in [-0.15, -0.1) is 0 Å². The van der Waals surface area contributed by atoms with Gasteiger partial charge in [-0.1, -0.05) is 11.3 Å². The number of thiazole rings is 1. The molecule has 6 nitrogen and oxygen atoms in total. The van der Waals surface area contributed by atoms with E-state index in [1.54, 1.807) is 0 Å². The number of likely N-dealkylation sites (tertiary alicyclic amines) is 1. The summed E-state index contributed by atoms with van der Waals surface area (Å²) in [5.41, 5.74) is 0. The number of hydrogen-bond acceptors (Lipinski definition) is 6. The van der Waals surface area contributed by atoms with Crippen LogP contribution in [0.5, 0.6) is 0 Å². The van der Waals surface area contributed by atoms with Crippen LogP contribution in [0.4, 0.5) is 5.13 Å². The molecule has 3 heterocycles. The zero-order valence-corrected chi connectivity index (χ0v) is 13.9. The number of primary sulfonamides is 1. The topological polar surface area (TPSA) is 79.5 Å². The van der Waals surface area contributed by atoms with Crippen molar-refractivity contribution in [3.05, 3.63) is 6.20 Å². The zero-order valence-electron chi connectivity index (χ0n) is 12.2. The van der Waals surface area contributed by atoms with E-state index in [0.717, 1.165) is 31.1 Å². The van der Waals surface area contributed by atoms with Crippen LogP contribution in [0, 0.1) is 0 Å². The van der Waals surface area contributed by atoms with Crippen LogP contribution in [0.15, 0.2) is 10.4 Å². The normalized spacial score (nSPS) is 25.6. The van der Waals surface area contributed by atoms with Crippen molar-refractivity contribution in [3.8, 4) is 0 Å². The molecule has 2 N–H and O–H groups in total. The SMILES string of the molecule is CC1CCCN1C1CCN(c2ncc(S(N)(=O)=O)s2)CC1. The van der Waals surface area contributed by atoms with Crippen LogP contribution >= 0.6 is 11.3 Å². The van der Waals surface area contributed by atoms with E-state index in [1.165, 1.54) is 36.9 Å². The average Bonchev–Trinajstić information content (AvgIpc) is 3.07. The third kappa shape index (κ3) is 3.23. The number of sulfonamides is 1. The summed E-state index contributed by atoms with van der Waals surface area (Å²) in [5, 5.41) is 5.91. The van der Waals surface area contributed by atoms with Crippen molar-refractivity contribution in [2.75, 3.05) is 24.5 Å². The van der Waals surface area contributed by atoms with Crippen molar-refractivity contribution in [1.82, 2.24) is 9.88 Å². The van der Waals surface area contributed by atoms with Gasteiger partial charge in [0.05, 0.1) is 6.20 Å². The number of piperidine rings is 1. The summed E-state index contributed by atoms with van der Waals surface area (Å²) in [5.74, 6) is 0. The maximum Gasteiger partial charge on any atom is 0.249 e. The van der Waals surface area contributed by atoms with Crippen molar-refractivity contribution in [2.24, 2.45) is 5.14 Å². The van der Waals surface area contributed by atoms with Crippen LogP contribution in [0.1, 0.15) is 32.6 Å². The standard InChI is InChI=1S/C13H22N4O2S2/c1-10-3-2-6-17(10)11-4-7-16(8-5-11)13-15-9-12(20-13)21(14,18)19/h9-11H,2-8H2,1H3,(H2,14,18,19). The fourth-order valence-electron chi connectivity index (χ4n) is 3.42. The fourth-order valence-corrected chi connectivity index (χ4v) is 5.01. The van der Waals surface area contributed by atoms with Crippen molar-refractivity contribution < 1.29 is 8.42 Å². The summed E-state index contributed by atoms with van der Waals surface area (Å²) < 4.78 is 22.8. The second-order valence-corrected chi connectivity index (χ2v) is 8.75. The van der Waals surface area contributed by atoms with Crippen molar-refractivity contribution in [1.29, 1.82) is 0 Å². The lowest BCUT2D eigenvalue weighted by molar-refractivity contribution is 0.163. The second kappa shape index (κ2) is 5.83. The summed E-state index contributed by atoms with van der Waals surface area (Å²) in [6, 6.07) is 1.37. The molecule has 1 unspecified atom stereocenters. The minimum Gasteiger partial charge on any atom is -0.348 e. The Morgan fingerprint density at radius 1 is 1.29 bits per heavy atom. The van der Waals surface area contributed by atoms with Crippen molar-refractivity contribution >= 4 is 26.5 Å². The molecule has 0 amide bonds. The molecule has 2 saturated heterocycles. The Morgan fingerprint density at radius 3 is 2.52 bits per heavy atom. The quantitative estimate of drug-likeness (QED) is 0.902. The Hall–Kier alpha value is -0.700. The second-order valence-electron chi connectivity index (χ2n) is 5.95. The smallest absolute Gasteiger partial charge is 0.249 e. The number of hydrogen-bond donors (Lipinski definition) is 1. The van der Waals surface area contributed by atoms with E-state index in [2.05, 4.69) is 21.7 Å². The Bertz CT molecular complexity index is 593. The van der Waals surface area contributed by atoms with E-state index in [0.29, 0.717) is 12.1 Å². The van der Waals surface area contributed by atoms with Gasteiger partial charge in [0.1, 0.15) is 0 Å². The molecule has 0 spiro atoms. The first kappa shape index (κ1) is 15.2. The van der Waals surface area contributed by atoms with Gasteiger partial charge in [0.25, 0.3) is 0 Å². The monoisotopic (exact) mass is 330 g/mol. The highest BCUT2D eigenvalue weighted by Gasteiger charge is 2.31. The van der Waals surface area contributed by atoms with Crippen LogP contribution in [-0.2, 0) is 10.0 Å². The average molecular weight is 330 g/mol. The van der Waals surface area contributed by atoms with Crippen LogP contribution in [-0.4, -0.2) is 50.0 Å². The highest BCUT2D eigenvalue weighted by molar-refractivity contribution is 7.91. The van der Waals surface area contributed by atoms with Crippen LogP contribution in [0.3, 0.4) is 0 Å². The largest absolute Gasteiger partial charge is 0.348 e. The van der Waals surface area contributed by atoms with Gasteiger partial charge >= 0.3 is 0 Å². The van der Waals surface area contributed by atoms with Crippen LogP contribution in [0.25, 0.3) is 0 Å². The Kier molecular flexibility index (Phi) is 4.22. The molecule has 0 bridgehead atoms. The molecule has 3 rings (SSSR count). The lowest BCUT2D eigenvalue weighted by atomic mass is 10.0. The van der Waals surface area contributed by atoms with Gasteiger partial charge in [0.2, 0.25) is 10.0 Å². The molecule has 118 valence electrons. The maximum atomic E-state index is 11.3. The first-order chi connectivity index (χ1) is 9.95. The fraction of sp³-hybridized carbons (Fsp3) is 0.769. The number of nitrogens with two attached hydrogens (primary N) is 1. The molecule has 0 aliphatic carbocycles. The predicted molar refractivity (Wildman–Crippen MR) is 84.1 cm³/mol. The van der Waals surface area contributed by atoms with Crippen molar-refractivity contribution in [3.63, 3.8) is 0 Å². The molecular formula is C13H22N4O2S2. The lowest BCUT2D eigenvalue weighted by Gasteiger charge is -2.38. The minimum absolute atomic E-state index is 0.146. The van der Waals surface area contributed by atoms with Gasteiger partial charge in [0.15, 0.2) is 9.34 Å². The molecule has 0 aromatic carbocycles. The third-order valence-corrected chi connectivity index (χ3v) is 7.03. The Labute approximate surface area is 130 Å². The minimum atomic E-state index is -3.63. The van der Waals surface area contributed by atoms with E-state index in [1.807, 2.05) is 0 Å². The molecule has 2 aliphatic heterocycles. The predicted octanol–water partition coefficient (Wildman–Crippen LogP) is 1.24. The van der Waals surface area contributed by atoms with Gasteiger partial charge in [-0.3, -0.25) is 4.90 Å². The molecule has 0 radical (unpaired) electrons. The van der Waals surface area contributed by atoms with E-state index < -0.39 is 10.0 Å². The number of anilines is 1. The Morgan fingerprint density at radius 2 is 2.00 bits per heavy atom. The number of aromatic nitrogens is 1. The highest BCUT2D eigenvalue weighted by Crippen LogP contribution is 2.30. The Balaban J connectivity index is 1.62.